The van der Waals surface area contributed by atoms with E-state index in [1.165, 1.54) is 0 Å². The van der Waals surface area contributed by atoms with Crippen LogP contribution in [0, 0.1) is 6.92 Å². The van der Waals surface area contributed by atoms with Crippen molar-refractivity contribution in [3.05, 3.63) is 64.7 Å². The van der Waals surface area contributed by atoms with Crippen molar-refractivity contribution in [1.29, 1.82) is 0 Å². The first kappa shape index (κ1) is 15.9. The van der Waals surface area contributed by atoms with Gasteiger partial charge in [-0.1, -0.05) is 35.9 Å². The van der Waals surface area contributed by atoms with Crippen molar-refractivity contribution in [1.82, 2.24) is 4.31 Å². The summed E-state index contributed by atoms with van der Waals surface area (Å²) in [5.74, 6) is 0.780. The van der Waals surface area contributed by atoms with Gasteiger partial charge >= 0.3 is 0 Å². The lowest BCUT2D eigenvalue weighted by Gasteiger charge is -2.23. The summed E-state index contributed by atoms with van der Waals surface area (Å²) in [4.78, 5) is 0.349. The fourth-order valence-corrected chi connectivity index (χ4v) is 6.07. The van der Waals surface area contributed by atoms with Crippen molar-refractivity contribution in [2.45, 2.75) is 17.2 Å². The van der Waals surface area contributed by atoms with E-state index in [9.17, 15) is 8.42 Å². The summed E-state index contributed by atoms with van der Waals surface area (Å²) in [5, 5.41) is 0.405. The number of aryl methyl sites for hydroxylation is 1. The number of hydrogen-bond donors (Lipinski definition) is 0. The van der Waals surface area contributed by atoms with Crippen molar-refractivity contribution in [3.63, 3.8) is 0 Å². The molecule has 1 aliphatic heterocycles. The summed E-state index contributed by atoms with van der Waals surface area (Å²) >= 11 is 7.67. The van der Waals surface area contributed by atoms with Crippen molar-refractivity contribution >= 4 is 33.4 Å². The molecule has 1 aliphatic rings. The van der Waals surface area contributed by atoms with Gasteiger partial charge in [0.15, 0.2) is 0 Å². The van der Waals surface area contributed by atoms with Gasteiger partial charge in [0, 0.05) is 17.3 Å². The van der Waals surface area contributed by atoms with Gasteiger partial charge in [-0.25, -0.2) is 8.42 Å². The van der Waals surface area contributed by atoms with Gasteiger partial charge in [-0.15, -0.1) is 11.8 Å². The van der Waals surface area contributed by atoms with E-state index in [0.29, 0.717) is 16.5 Å². The molecule has 1 heterocycles. The van der Waals surface area contributed by atoms with E-state index in [2.05, 4.69) is 0 Å². The standard InChI is InChI=1S/C16H16ClNO2S2/c1-12-4-2-7-15(10-12)22(19,20)18-8-9-21-16(18)13-5-3-6-14(17)11-13/h2-7,10-11,16H,8-9H2,1H3. The molecule has 0 N–H and O–H groups in total. The first-order valence-corrected chi connectivity index (χ1v) is 9.81. The molecule has 1 saturated heterocycles. The van der Waals surface area contributed by atoms with Gasteiger partial charge < -0.3 is 0 Å². The van der Waals surface area contributed by atoms with Crippen LogP contribution < -0.4 is 0 Å². The zero-order chi connectivity index (χ0) is 15.7. The van der Waals surface area contributed by atoms with Crippen molar-refractivity contribution in [2.75, 3.05) is 12.3 Å². The molecule has 3 rings (SSSR count). The second-order valence-electron chi connectivity index (χ2n) is 5.21. The minimum atomic E-state index is -3.50. The SMILES string of the molecule is Cc1cccc(S(=O)(=O)N2CCSC2c2cccc(Cl)c2)c1. The maximum Gasteiger partial charge on any atom is 0.244 e. The fraction of sp³-hybridized carbons (Fsp3) is 0.250. The highest BCUT2D eigenvalue weighted by Gasteiger charge is 2.36. The number of nitrogens with zero attached hydrogens (tertiary/aromatic N) is 1. The Hall–Kier alpha value is -1.01. The molecule has 1 unspecified atom stereocenters. The molecular formula is C16H16ClNO2S2. The third kappa shape index (κ3) is 3.04. The summed E-state index contributed by atoms with van der Waals surface area (Å²) in [6.07, 6.45) is 0. The average Bonchev–Trinajstić information content (AvgIpc) is 2.97. The number of rotatable bonds is 3. The molecule has 0 aromatic heterocycles. The van der Waals surface area contributed by atoms with E-state index in [1.807, 2.05) is 31.2 Å². The van der Waals surface area contributed by atoms with Crippen LogP contribution in [-0.4, -0.2) is 25.0 Å². The van der Waals surface area contributed by atoms with Gasteiger partial charge in [-0.2, -0.15) is 4.31 Å². The van der Waals surface area contributed by atoms with Crippen LogP contribution in [-0.2, 0) is 10.0 Å². The Labute approximate surface area is 140 Å². The summed E-state index contributed by atoms with van der Waals surface area (Å²) < 4.78 is 27.4. The topological polar surface area (TPSA) is 37.4 Å². The van der Waals surface area contributed by atoms with Gasteiger partial charge in [0.25, 0.3) is 0 Å². The molecule has 0 saturated carbocycles. The number of thioether (sulfide) groups is 1. The normalized spacial score (nSPS) is 19.5. The molecule has 0 radical (unpaired) electrons. The van der Waals surface area contributed by atoms with Crippen LogP contribution in [0.1, 0.15) is 16.5 Å². The second-order valence-corrected chi connectivity index (χ2v) is 8.73. The smallest absolute Gasteiger partial charge is 0.207 e. The van der Waals surface area contributed by atoms with Crippen LogP contribution in [0.2, 0.25) is 5.02 Å². The molecule has 6 heteroatoms. The first-order chi connectivity index (χ1) is 10.5. The highest BCUT2D eigenvalue weighted by Crippen LogP contribution is 2.41. The molecule has 0 amide bonds. The molecule has 2 aromatic rings. The maximum atomic E-state index is 12.9. The quantitative estimate of drug-likeness (QED) is 0.834. The second kappa shape index (κ2) is 6.24. The van der Waals surface area contributed by atoms with Gasteiger partial charge in [0.2, 0.25) is 10.0 Å². The van der Waals surface area contributed by atoms with Crippen molar-refractivity contribution in [3.8, 4) is 0 Å². The Balaban J connectivity index is 1.99. The molecule has 1 atom stereocenters. The summed E-state index contributed by atoms with van der Waals surface area (Å²) in [6.45, 7) is 2.41. The Bertz CT molecular complexity index is 792. The molecule has 116 valence electrons. The number of sulfonamides is 1. The Kier molecular flexibility index (Phi) is 4.50. The molecule has 1 fully saturated rings. The summed E-state index contributed by atoms with van der Waals surface area (Å²) in [6, 6.07) is 14.5. The van der Waals surface area contributed by atoms with Gasteiger partial charge in [0.1, 0.15) is 0 Å². The van der Waals surface area contributed by atoms with Crippen LogP contribution in [0.4, 0.5) is 0 Å². The number of halogens is 1. The lowest BCUT2D eigenvalue weighted by molar-refractivity contribution is 0.434. The van der Waals surface area contributed by atoms with E-state index in [-0.39, 0.29) is 5.37 Å². The summed E-state index contributed by atoms with van der Waals surface area (Å²) in [7, 11) is -3.50. The lowest BCUT2D eigenvalue weighted by Crippen LogP contribution is -2.30. The molecule has 22 heavy (non-hydrogen) atoms. The van der Waals surface area contributed by atoms with E-state index >= 15 is 0 Å². The third-order valence-electron chi connectivity index (χ3n) is 3.58. The minimum absolute atomic E-state index is 0.218. The zero-order valence-electron chi connectivity index (χ0n) is 12.1. The number of hydrogen-bond acceptors (Lipinski definition) is 3. The predicted molar refractivity (Wildman–Crippen MR) is 91.7 cm³/mol. The Morgan fingerprint density at radius 1 is 1.18 bits per heavy atom. The molecular weight excluding hydrogens is 338 g/mol. The van der Waals surface area contributed by atoms with Crippen LogP contribution in [0.3, 0.4) is 0 Å². The Morgan fingerprint density at radius 2 is 1.95 bits per heavy atom. The highest BCUT2D eigenvalue weighted by atomic mass is 35.5. The maximum absolute atomic E-state index is 12.9. The minimum Gasteiger partial charge on any atom is -0.207 e. The van der Waals surface area contributed by atoms with E-state index in [4.69, 9.17) is 11.6 Å². The highest BCUT2D eigenvalue weighted by molar-refractivity contribution is 8.01. The molecule has 0 spiro atoms. The number of benzene rings is 2. The van der Waals surface area contributed by atoms with Crippen LogP contribution >= 0.6 is 23.4 Å². The van der Waals surface area contributed by atoms with E-state index < -0.39 is 10.0 Å². The van der Waals surface area contributed by atoms with Gasteiger partial charge in [-0.3, -0.25) is 0 Å². The van der Waals surface area contributed by atoms with Gasteiger partial charge in [-0.05, 0) is 42.3 Å². The molecule has 0 bridgehead atoms. The lowest BCUT2D eigenvalue weighted by atomic mass is 10.2. The zero-order valence-corrected chi connectivity index (χ0v) is 14.5. The monoisotopic (exact) mass is 353 g/mol. The fourth-order valence-electron chi connectivity index (χ4n) is 2.53. The molecule has 0 aliphatic carbocycles. The predicted octanol–water partition coefficient (Wildman–Crippen LogP) is 4.08. The van der Waals surface area contributed by atoms with Crippen molar-refractivity contribution in [2.24, 2.45) is 0 Å². The van der Waals surface area contributed by atoms with E-state index in [1.54, 1.807) is 40.3 Å². The largest absolute Gasteiger partial charge is 0.244 e. The van der Waals surface area contributed by atoms with Gasteiger partial charge in [0.05, 0.1) is 10.3 Å². The van der Waals surface area contributed by atoms with Crippen LogP contribution in [0.5, 0.6) is 0 Å². The molecule has 2 aromatic carbocycles. The van der Waals surface area contributed by atoms with Crippen LogP contribution in [0.25, 0.3) is 0 Å². The van der Waals surface area contributed by atoms with E-state index in [0.717, 1.165) is 16.9 Å². The first-order valence-electron chi connectivity index (χ1n) is 6.94. The average molecular weight is 354 g/mol. The molecule has 3 nitrogen and oxygen atoms in total. The Morgan fingerprint density at radius 3 is 2.68 bits per heavy atom. The van der Waals surface area contributed by atoms with Crippen molar-refractivity contribution < 1.29 is 8.42 Å². The third-order valence-corrected chi connectivity index (χ3v) is 7.07. The summed E-state index contributed by atoms with van der Waals surface area (Å²) in [5.41, 5.74) is 1.86. The van der Waals surface area contributed by atoms with Crippen LogP contribution in [0.15, 0.2) is 53.4 Å².